The van der Waals surface area contributed by atoms with E-state index < -0.39 is 5.91 Å². The molecule has 1 aliphatic heterocycles. The maximum atomic E-state index is 12.8. The second kappa shape index (κ2) is 8.90. The quantitative estimate of drug-likeness (QED) is 0.352. The van der Waals surface area contributed by atoms with Crippen molar-refractivity contribution in [2.75, 3.05) is 6.61 Å². The molecule has 0 N–H and O–H groups in total. The number of rotatable bonds is 2. The van der Waals surface area contributed by atoms with E-state index in [1.807, 2.05) is 36.1 Å². The molecule has 4 rings (SSSR count). The Kier molecular flexibility index (Phi) is 6.07. The lowest BCUT2D eigenvalue weighted by Crippen LogP contribution is -2.32. The van der Waals surface area contributed by atoms with Gasteiger partial charge in [0, 0.05) is 18.7 Å². The van der Waals surface area contributed by atoms with Crippen LogP contribution in [-0.4, -0.2) is 23.4 Å². The summed E-state index contributed by atoms with van der Waals surface area (Å²) < 4.78 is 5.81. The lowest BCUT2D eigenvalue weighted by molar-refractivity contribution is 0.0993. The summed E-state index contributed by atoms with van der Waals surface area (Å²) in [5.41, 5.74) is 5.02. The second-order valence-electron chi connectivity index (χ2n) is 6.93. The lowest BCUT2D eigenvalue weighted by atomic mass is 9.97. The van der Waals surface area contributed by atoms with Gasteiger partial charge in [0.05, 0.1) is 16.7 Å². The van der Waals surface area contributed by atoms with E-state index in [4.69, 9.17) is 27.9 Å². The molecule has 3 aromatic rings. The van der Waals surface area contributed by atoms with Crippen LogP contribution in [0.5, 0.6) is 0 Å². The smallest absolute Gasteiger partial charge is 0.296 e. The molecule has 4 nitrogen and oxygen atoms in total. The first kappa shape index (κ1) is 20.5. The van der Waals surface area contributed by atoms with E-state index in [1.165, 1.54) is 17.2 Å². The van der Waals surface area contributed by atoms with Gasteiger partial charge in [-0.2, -0.15) is 4.99 Å². The number of nitrogens with zero attached hydrogens (tertiary/aromatic N) is 2. The van der Waals surface area contributed by atoms with Crippen LogP contribution in [0.3, 0.4) is 0 Å². The third-order valence-corrected chi connectivity index (χ3v) is 5.69. The first-order chi connectivity index (χ1) is 14.6. The number of hydrogen-bond donors (Lipinski definition) is 0. The zero-order chi connectivity index (χ0) is 21.1. The monoisotopic (exact) mass is 438 g/mol. The van der Waals surface area contributed by atoms with Gasteiger partial charge in [-0.25, -0.2) is 0 Å². The highest BCUT2D eigenvalue weighted by Gasteiger charge is 2.23. The number of halogens is 2. The van der Waals surface area contributed by atoms with E-state index in [9.17, 15) is 4.79 Å². The molecule has 0 aliphatic carbocycles. The molecule has 0 atom stereocenters. The number of amidine groups is 1. The first-order valence-corrected chi connectivity index (χ1v) is 10.4. The fourth-order valence-electron chi connectivity index (χ4n) is 3.55. The van der Waals surface area contributed by atoms with Crippen LogP contribution in [0.1, 0.15) is 28.4 Å². The van der Waals surface area contributed by atoms with E-state index >= 15 is 0 Å². The Morgan fingerprint density at radius 1 is 0.933 bits per heavy atom. The lowest BCUT2D eigenvalue weighted by Gasteiger charge is -2.24. The van der Waals surface area contributed by atoms with Crippen molar-refractivity contribution < 1.29 is 9.53 Å². The summed E-state index contributed by atoms with van der Waals surface area (Å²) in [5.74, 6) is -0.428. The molecule has 30 heavy (non-hydrogen) atoms. The van der Waals surface area contributed by atoms with Gasteiger partial charge < -0.3 is 9.64 Å². The van der Waals surface area contributed by atoms with Gasteiger partial charge in [0.15, 0.2) is 0 Å². The van der Waals surface area contributed by atoms with Gasteiger partial charge >= 0.3 is 0 Å². The molecule has 3 aromatic carbocycles. The third-order valence-electron chi connectivity index (χ3n) is 4.96. The number of aliphatic imine (C=N–C) groups is 1. The summed E-state index contributed by atoms with van der Waals surface area (Å²) >= 11 is 12.0. The summed E-state index contributed by atoms with van der Waals surface area (Å²) in [5, 5.41) is 0.705. The highest BCUT2D eigenvalue weighted by Crippen LogP contribution is 2.32. The Morgan fingerprint density at radius 3 is 2.10 bits per heavy atom. The van der Waals surface area contributed by atoms with E-state index in [-0.39, 0.29) is 0 Å². The standard InChI is InChI=1S/C24H20Cl2N2O2/c1-2-30-24(27-23(29)16-11-12-21(25)22(26)13-16)28-14-17-7-3-5-9-19(17)20-10-6-4-8-18(20)15-28/h3-13H,2,14-15H2,1H3. The van der Waals surface area contributed by atoms with Gasteiger partial charge in [-0.05, 0) is 47.4 Å². The fraction of sp³-hybridized carbons (Fsp3) is 0.167. The largest absolute Gasteiger partial charge is 0.465 e. The highest BCUT2D eigenvalue weighted by atomic mass is 35.5. The molecule has 0 bridgehead atoms. The van der Waals surface area contributed by atoms with Gasteiger partial charge in [-0.1, -0.05) is 71.7 Å². The molecule has 6 heteroatoms. The van der Waals surface area contributed by atoms with Crippen LogP contribution >= 0.6 is 23.2 Å². The molecule has 0 radical (unpaired) electrons. The summed E-state index contributed by atoms with van der Waals surface area (Å²) in [6.45, 7) is 3.43. The molecule has 1 aliphatic rings. The summed E-state index contributed by atoms with van der Waals surface area (Å²) in [6, 6.07) is 21.5. The molecule has 152 valence electrons. The Labute approximate surface area is 185 Å². The molecule has 0 spiro atoms. The number of benzene rings is 3. The zero-order valence-corrected chi connectivity index (χ0v) is 18.0. The van der Waals surface area contributed by atoms with Crippen molar-refractivity contribution in [1.82, 2.24) is 4.90 Å². The maximum Gasteiger partial charge on any atom is 0.296 e. The predicted molar refractivity (Wildman–Crippen MR) is 121 cm³/mol. The SMILES string of the molecule is CCOC(=NC(=O)c1ccc(Cl)c(Cl)c1)N1Cc2ccccc2-c2ccccc2C1. The summed E-state index contributed by atoms with van der Waals surface area (Å²) in [7, 11) is 0. The molecule has 0 fully saturated rings. The minimum Gasteiger partial charge on any atom is -0.465 e. The fourth-order valence-corrected chi connectivity index (χ4v) is 3.85. The van der Waals surface area contributed by atoms with Crippen molar-refractivity contribution in [3.05, 3.63) is 93.5 Å². The van der Waals surface area contributed by atoms with Gasteiger partial charge in [0.25, 0.3) is 11.9 Å². The van der Waals surface area contributed by atoms with Gasteiger partial charge in [-0.3, -0.25) is 4.79 Å². The van der Waals surface area contributed by atoms with Crippen LogP contribution < -0.4 is 0 Å². The van der Waals surface area contributed by atoms with Crippen LogP contribution in [0, 0.1) is 0 Å². The molecule has 0 unspecified atom stereocenters. The zero-order valence-electron chi connectivity index (χ0n) is 16.4. The van der Waals surface area contributed by atoms with Gasteiger partial charge in [0.2, 0.25) is 0 Å². The summed E-state index contributed by atoms with van der Waals surface area (Å²) in [4.78, 5) is 19.1. The minimum atomic E-state index is -0.428. The number of hydrogen-bond acceptors (Lipinski definition) is 2. The van der Waals surface area contributed by atoms with Crippen LogP contribution in [0.2, 0.25) is 10.0 Å². The van der Waals surface area contributed by atoms with E-state index in [0.29, 0.717) is 41.3 Å². The van der Waals surface area contributed by atoms with E-state index in [0.717, 1.165) is 11.1 Å². The predicted octanol–water partition coefficient (Wildman–Crippen LogP) is 6.21. The van der Waals surface area contributed by atoms with E-state index in [1.54, 1.807) is 12.1 Å². The van der Waals surface area contributed by atoms with Crippen molar-refractivity contribution in [3.63, 3.8) is 0 Å². The minimum absolute atomic E-state index is 0.292. The molecule has 0 aromatic heterocycles. The third kappa shape index (κ3) is 4.20. The number of ether oxygens (including phenoxy) is 1. The molecular weight excluding hydrogens is 419 g/mol. The number of carbonyl (C=O) groups is 1. The van der Waals surface area contributed by atoms with Crippen molar-refractivity contribution >= 4 is 35.1 Å². The highest BCUT2D eigenvalue weighted by molar-refractivity contribution is 6.42. The molecule has 0 saturated heterocycles. The number of fused-ring (bicyclic) bond motifs is 3. The molecule has 0 saturated carbocycles. The van der Waals surface area contributed by atoms with Gasteiger partial charge in [-0.15, -0.1) is 0 Å². The van der Waals surface area contributed by atoms with Crippen molar-refractivity contribution in [1.29, 1.82) is 0 Å². The Hall–Kier alpha value is -2.82. The number of carbonyl (C=O) groups excluding carboxylic acids is 1. The Balaban J connectivity index is 1.73. The average molecular weight is 439 g/mol. The van der Waals surface area contributed by atoms with Crippen LogP contribution in [0.25, 0.3) is 11.1 Å². The van der Waals surface area contributed by atoms with Crippen LogP contribution in [0.15, 0.2) is 71.7 Å². The molecular formula is C24H20Cl2N2O2. The normalized spacial score (nSPS) is 13.3. The molecule has 1 heterocycles. The number of amides is 1. The maximum absolute atomic E-state index is 12.8. The molecule has 1 amide bonds. The Morgan fingerprint density at radius 2 is 1.53 bits per heavy atom. The van der Waals surface area contributed by atoms with Gasteiger partial charge in [0.1, 0.15) is 0 Å². The van der Waals surface area contributed by atoms with Crippen molar-refractivity contribution in [3.8, 4) is 11.1 Å². The van der Waals surface area contributed by atoms with Crippen molar-refractivity contribution in [2.45, 2.75) is 20.0 Å². The average Bonchev–Trinajstić information content (AvgIpc) is 2.92. The first-order valence-electron chi connectivity index (χ1n) is 9.69. The van der Waals surface area contributed by atoms with Crippen LogP contribution in [-0.2, 0) is 17.8 Å². The topological polar surface area (TPSA) is 41.9 Å². The summed E-state index contributed by atoms with van der Waals surface area (Å²) in [6.07, 6.45) is 0. The van der Waals surface area contributed by atoms with Crippen LogP contribution in [0.4, 0.5) is 0 Å². The second-order valence-corrected chi connectivity index (χ2v) is 7.75. The van der Waals surface area contributed by atoms with E-state index in [2.05, 4.69) is 29.3 Å². The van der Waals surface area contributed by atoms with Crippen molar-refractivity contribution in [2.24, 2.45) is 4.99 Å². The Bertz CT molecular complexity index is 1080.